The van der Waals surface area contributed by atoms with Crippen LogP contribution < -0.4 is 0 Å². The van der Waals surface area contributed by atoms with Crippen LogP contribution in [0.4, 0.5) is 0 Å². The van der Waals surface area contributed by atoms with Gasteiger partial charge in [-0.15, -0.1) is 0 Å². The molecule has 0 spiro atoms. The Morgan fingerprint density at radius 2 is 1.81 bits per heavy atom. The summed E-state index contributed by atoms with van der Waals surface area (Å²) in [6.45, 7) is 3.57. The first-order valence-electron chi connectivity index (χ1n) is 7.85. The van der Waals surface area contributed by atoms with E-state index in [9.17, 15) is 13.2 Å². The zero-order chi connectivity index (χ0) is 19.2. The van der Waals surface area contributed by atoms with Gasteiger partial charge in [-0.25, -0.2) is 4.79 Å². The molecule has 0 bridgehead atoms. The molecule has 0 aliphatic rings. The van der Waals surface area contributed by atoms with Gasteiger partial charge in [0.1, 0.15) is 0 Å². The molecule has 0 saturated carbocycles. The maximum Gasteiger partial charge on any atom is 0.357 e. The summed E-state index contributed by atoms with van der Waals surface area (Å²) >= 11 is 6.07. The molecule has 0 aliphatic carbocycles. The predicted molar refractivity (Wildman–Crippen MR) is 103 cm³/mol. The number of esters is 1. The third kappa shape index (κ3) is 5.28. The lowest BCUT2D eigenvalue weighted by Gasteiger charge is -2.04. The zero-order valence-corrected chi connectivity index (χ0v) is 15.9. The highest BCUT2D eigenvalue weighted by Crippen LogP contribution is 2.17. The molecule has 26 heavy (non-hydrogen) atoms. The van der Waals surface area contributed by atoms with Crippen LogP contribution in [-0.4, -0.2) is 26.7 Å². The van der Waals surface area contributed by atoms with Crippen molar-refractivity contribution < 1.29 is 17.9 Å². The minimum absolute atomic E-state index is 0.00366. The molecule has 0 atom stereocenters. The molecule has 0 unspecified atom stereocenters. The third-order valence-electron chi connectivity index (χ3n) is 3.35. The first-order chi connectivity index (χ1) is 12.3. The van der Waals surface area contributed by atoms with Crippen LogP contribution in [0.5, 0.6) is 0 Å². The lowest BCUT2D eigenvalue weighted by Crippen LogP contribution is -2.17. The molecular formula is C19H18ClNO4S. The molecule has 136 valence electrons. The van der Waals surface area contributed by atoms with E-state index in [1.54, 1.807) is 43.3 Å². The predicted octanol–water partition coefficient (Wildman–Crippen LogP) is 4.05. The first-order valence-corrected chi connectivity index (χ1v) is 9.66. The largest absolute Gasteiger partial charge is 0.461 e. The molecule has 0 aromatic heterocycles. The van der Waals surface area contributed by atoms with Crippen molar-refractivity contribution in [3.05, 3.63) is 70.8 Å². The lowest BCUT2D eigenvalue weighted by molar-refractivity contribution is -0.134. The molecule has 2 aromatic carbocycles. The van der Waals surface area contributed by atoms with Crippen molar-refractivity contribution in [1.29, 1.82) is 0 Å². The van der Waals surface area contributed by atoms with Gasteiger partial charge in [0.05, 0.1) is 11.5 Å². The molecule has 5 nitrogen and oxygen atoms in total. The maximum absolute atomic E-state index is 12.5. The fraction of sp³-hybridized carbons (Fsp3) is 0.158. The number of rotatable bonds is 6. The Morgan fingerprint density at radius 1 is 1.15 bits per heavy atom. The lowest BCUT2D eigenvalue weighted by atomic mass is 10.2. The van der Waals surface area contributed by atoms with Gasteiger partial charge in [-0.05, 0) is 43.7 Å². The van der Waals surface area contributed by atoms with Gasteiger partial charge in [0.15, 0.2) is 5.71 Å². The van der Waals surface area contributed by atoms with Gasteiger partial charge in [-0.2, -0.15) is 12.8 Å². The van der Waals surface area contributed by atoms with Gasteiger partial charge in [0.25, 0.3) is 10.0 Å². The highest BCUT2D eigenvalue weighted by Gasteiger charge is 2.18. The second-order valence-electron chi connectivity index (χ2n) is 5.34. The Balaban J connectivity index is 2.43. The molecule has 0 heterocycles. The molecule has 7 heteroatoms. The Hall–Kier alpha value is -2.44. The molecule has 0 amide bonds. The standard InChI is InChI=1S/C19H18ClNO4S/c1-3-25-19(22)18(13-10-15-6-4-5-7-17(15)20)21-26(23,24)16-11-8-14(2)9-12-16/h4-13H,3H2,1-2H3/b13-10+,21-18-. The summed E-state index contributed by atoms with van der Waals surface area (Å²) in [5.74, 6) is -0.827. The average Bonchev–Trinajstić information content (AvgIpc) is 2.60. The van der Waals surface area contributed by atoms with Gasteiger partial charge in [0.2, 0.25) is 0 Å². The molecule has 2 rings (SSSR count). The summed E-state index contributed by atoms with van der Waals surface area (Å²) in [6.07, 6.45) is 2.80. The number of benzene rings is 2. The topological polar surface area (TPSA) is 72.8 Å². The Bertz CT molecular complexity index is 948. The van der Waals surface area contributed by atoms with E-state index in [0.29, 0.717) is 10.6 Å². The molecule has 0 saturated heterocycles. The van der Waals surface area contributed by atoms with E-state index in [-0.39, 0.29) is 17.2 Å². The van der Waals surface area contributed by atoms with Crippen molar-refractivity contribution in [2.24, 2.45) is 4.40 Å². The van der Waals surface area contributed by atoms with Crippen molar-refractivity contribution in [3.8, 4) is 0 Å². The number of sulfonamides is 1. The number of ether oxygens (including phenoxy) is 1. The van der Waals surface area contributed by atoms with Crippen LogP contribution in [0.2, 0.25) is 5.02 Å². The number of nitrogens with zero attached hydrogens (tertiary/aromatic N) is 1. The molecular weight excluding hydrogens is 374 g/mol. The maximum atomic E-state index is 12.5. The van der Waals surface area contributed by atoms with Gasteiger partial charge in [-0.1, -0.05) is 53.6 Å². The summed E-state index contributed by atoms with van der Waals surface area (Å²) in [4.78, 5) is 12.1. The van der Waals surface area contributed by atoms with E-state index in [2.05, 4.69) is 4.40 Å². The summed E-state index contributed by atoms with van der Waals surface area (Å²) in [6, 6.07) is 13.2. The zero-order valence-electron chi connectivity index (χ0n) is 14.3. The van der Waals surface area contributed by atoms with Gasteiger partial charge in [-0.3, -0.25) is 0 Å². The molecule has 0 aliphatic heterocycles. The highest BCUT2D eigenvalue weighted by molar-refractivity contribution is 7.90. The number of carbonyl (C=O) groups excluding carboxylic acids is 1. The van der Waals surface area contributed by atoms with Crippen LogP contribution in [-0.2, 0) is 19.6 Å². The third-order valence-corrected chi connectivity index (χ3v) is 5.00. The molecule has 0 N–H and O–H groups in total. The Morgan fingerprint density at radius 3 is 2.42 bits per heavy atom. The average molecular weight is 392 g/mol. The molecule has 0 fully saturated rings. The summed E-state index contributed by atoms with van der Waals surface area (Å²) in [5, 5.41) is 0.466. The van der Waals surface area contributed by atoms with Crippen LogP contribution in [0.1, 0.15) is 18.1 Å². The summed E-state index contributed by atoms with van der Waals surface area (Å²) < 4.78 is 33.5. The number of aryl methyl sites for hydroxylation is 1. The van der Waals surface area contributed by atoms with Crippen LogP contribution in [0.25, 0.3) is 6.08 Å². The van der Waals surface area contributed by atoms with Gasteiger partial charge in [0, 0.05) is 5.02 Å². The van der Waals surface area contributed by atoms with E-state index in [0.717, 1.165) is 5.56 Å². The highest BCUT2D eigenvalue weighted by atomic mass is 35.5. The number of hydrogen-bond donors (Lipinski definition) is 0. The van der Waals surface area contributed by atoms with Crippen molar-refractivity contribution in [2.45, 2.75) is 18.7 Å². The monoisotopic (exact) mass is 391 g/mol. The quantitative estimate of drug-likeness (QED) is 0.550. The van der Waals surface area contributed by atoms with Gasteiger partial charge >= 0.3 is 5.97 Å². The van der Waals surface area contributed by atoms with Crippen LogP contribution >= 0.6 is 11.6 Å². The van der Waals surface area contributed by atoms with Crippen LogP contribution in [0.15, 0.2) is 63.9 Å². The summed E-state index contributed by atoms with van der Waals surface area (Å²) in [7, 11) is -4.05. The first kappa shape index (κ1) is 19.9. The SMILES string of the molecule is CCOC(=O)C(/C=C/c1ccccc1Cl)=N\S(=O)(=O)c1ccc(C)cc1. The van der Waals surface area contributed by atoms with E-state index in [1.807, 2.05) is 6.92 Å². The second kappa shape index (κ2) is 8.78. The van der Waals surface area contributed by atoms with E-state index >= 15 is 0 Å². The van der Waals surface area contributed by atoms with Crippen molar-refractivity contribution >= 4 is 39.4 Å². The summed E-state index contributed by atoms with van der Waals surface area (Å²) in [5.41, 5.74) is 1.21. The van der Waals surface area contributed by atoms with Crippen molar-refractivity contribution in [2.75, 3.05) is 6.61 Å². The Kier molecular flexibility index (Phi) is 6.71. The number of hydrogen-bond acceptors (Lipinski definition) is 4. The minimum Gasteiger partial charge on any atom is -0.461 e. The van der Waals surface area contributed by atoms with Crippen molar-refractivity contribution in [1.82, 2.24) is 0 Å². The fourth-order valence-corrected chi connectivity index (χ4v) is 3.19. The van der Waals surface area contributed by atoms with Gasteiger partial charge < -0.3 is 4.74 Å². The smallest absolute Gasteiger partial charge is 0.357 e. The Labute approximate surface area is 158 Å². The molecule has 0 radical (unpaired) electrons. The van der Waals surface area contributed by atoms with E-state index < -0.39 is 16.0 Å². The number of carbonyl (C=O) groups is 1. The second-order valence-corrected chi connectivity index (χ2v) is 7.35. The minimum atomic E-state index is -4.05. The van der Waals surface area contributed by atoms with Crippen LogP contribution in [0.3, 0.4) is 0 Å². The fourth-order valence-electron chi connectivity index (χ4n) is 2.01. The van der Waals surface area contributed by atoms with Crippen molar-refractivity contribution in [3.63, 3.8) is 0 Å². The number of halogens is 1. The van der Waals surface area contributed by atoms with E-state index in [1.165, 1.54) is 24.3 Å². The van der Waals surface area contributed by atoms with Crippen LogP contribution in [0, 0.1) is 6.92 Å². The normalized spacial score (nSPS) is 12.3. The molecule has 2 aromatic rings. The van der Waals surface area contributed by atoms with E-state index in [4.69, 9.17) is 16.3 Å².